The van der Waals surface area contributed by atoms with Gasteiger partial charge in [-0.25, -0.2) is 4.79 Å². The average molecular weight is 343 g/mol. The molecule has 2 rings (SSSR count). The van der Waals surface area contributed by atoms with E-state index >= 15 is 0 Å². The number of esters is 1. The number of hydrogen-bond donors (Lipinski definition) is 1. The summed E-state index contributed by atoms with van der Waals surface area (Å²) in [5.74, 6) is 0.406. The normalized spacial score (nSPS) is 19.8. The summed E-state index contributed by atoms with van der Waals surface area (Å²) in [6.45, 7) is 8.90. The van der Waals surface area contributed by atoms with E-state index < -0.39 is 0 Å². The van der Waals surface area contributed by atoms with E-state index in [1.165, 1.54) is 0 Å². The van der Waals surface area contributed by atoms with Crippen molar-refractivity contribution in [1.82, 2.24) is 0 Å². The summed E-state index contributed by atoms with van der Waals surface area (Å²) in [5.41, 5.74) is 2.37. The van der Waals surface area contributed by atoms with Crippen molar-refractivity contribution in [2.75, 3.05) is 11.9 Å². The molecule has 0 amide bonds. The highest BCUT2D eigenvalue weighted by Crippen LogP contribution is 2.41. The summed E-state index contributed by atoms with van der Waals surface area (Å²) in [7, 11) is 0. The molecule has 1 saturated carbocycles. The second kappa shape index (κ2) is 8.32. The van der Waals surface area contributed by atoms with Crippen LogP contribution in [-0.4, -0.2) is 18.4 Å². The number of ketones is 1. The molecule has 0 aromatic heterocycles. The van der Waals surface area contributed by atoms with E-state index in [1.807, 2.05) is 12.3 Å². The smallest absolute Gasteiger partial charge is 0.338 e. The molecule has 1 atom stereocenters. The summed E-state index contributed by atoms with van der Waals surface area (Å²) in [5, 5.41) is 3.18. The van der Waals surface area contributed by atoms with Gasteiger partial charge in [0.2, 0.25) is 0 Å². The SMILES string of the molecule is CCOC(=O)c1cccc(N/C=C2\C[C@@H](C(C)(C)CC)CCC2=O)c1. The number of carbonyl (C=O) groups excluding carboxylic acids is 2. The lowest BCUT2D eigenvalue weighted by Crippen LogP contribution is -2.29. The fraction of sp³-hybridized carbons (Fsp3) is 0.524. The van der Waals surface area contributed by atoms with Crippen molar-refractivity contribution < 1.29 is 14.3 Å². The lowest BCUT2D eigenvalue weighted by molar-refractivity contribution is -0.117. The molecule has 1 N–H and O–H groups in total. The number of hydrogen-bond acceptors (Lipinski definition) is 4. The van der Waals surface area contributed by atoms with Gasteiger partial charge in [-0.05, 0) is 49.3 Å². The maximum absolute atomic E-state index is 12.3. The van der Waals surface area contributed by atoms with Crippen LogP contribution in [0.25, 0.3) is 0 Å². The Bertz CT molecular complexity index is 661. The zero-order valence-electron chi connectivity index (χ0n) is 15.7. The quantitative estimate of drug-likeness (QED) is 0.585. The summed E-state index contributed by atoms with van der Waals surface area (Å²) in [6.07, 6.45) is 5.31. The highest BCUT2D eigenvalue weighted by atomic mass is 16.5. The van der Waals surface area contributed by atoms with Gasteiger partial charge in [-0.1, -0.05) is 33.3 Å². The van der Waals surface area contributed by atoms with Crippen LogP contribution in [0.4, 0.5) is 5.69 Å². The van der Waals surface area contributed by atoms with Crippen LogP contribution >= 0.6 is 0 Å². The van der Waals surface area contributed by atoms with Crippen LogP contribution in [0.5, 0.6) is 0 Å². The van der Waals surface area contributed by atoms with Crippen molar-refractivity contribution in [3.05, 3.63) is 41.6 Å². The Morgan fingerprint density at radius 3 is 2.80 bits per heavy atom. The highest BCUT2D eigenvalue weighted by molar-refractivity contribution is 5.96. The van der Waals surface area contributed by atoms with E-state index in [4.69, 9.17) is 4.74 Å². The molecule has 136 valence electrons. The Morgan fingerprint density at radius 2 is 2.12 bits per heavy atom. The molecule has 4 nitrogen and oxygen atoms in total. The van der Waals surface area contributed by atoms with E-state index in [1.54, 1.807) is 25.1 Å². The van der Waals surface area contributed by atoms with Crippen molar-refractivity contribution >= 4 is 17.4 Å². The summed E-state index contributed by atoms with van der Waals surface area (Å²) >= 11 is 0. The van der Waals surface area contributed by atoms with Gasteiger partial charge in [-0.15, -0.1) is 0 Å². The molecule has 1 aliphatic rings. The maximum Gasteiger partial charge on any atom is 0.338 e. The molecular weight excluding hydrogens is 314 g/mol. The molecule has 1 aromatic carbocycles. The first-order chi connectivity index (χ1) is 11.9. The minimum absolute atomic E-state index is 0.220. The Kier molecular flexibility index (Phi) is 6.40. The van der Waals surface area contributed by atoms with Crippen LogP contribution in [0.1, 0.15) is 63.7 Å². The summed E-state index contributed by atoms with van der Waals surface area (Å²) < 4.78 is 5.02. The van der Waals surface area contributed by atoms with Crippen LogP contribution in [-0.2, 0) is 9.53 Å². The Hall–Kier alpha value is -2.10. The number of anilines is 1. The summed E-state index contributed by atoms with van der Waals surface area (Å²) in [4.78, 5) is 24.1. The number of carbonyl (C=O) groups is 2. The van der Waals surface area contributed by atoms with E-state index in [9.17, 15) is 9.59 Å². The molecule has 0 saturated heterocycles. The first-order valence-electron chi connectivity index (χ1n) is 9.13. The second-order valence-corrected chi connectivity index (χ2v) is 7.32. The molecule has 1 aliphatic carbocycles. The largest absolute Gasteiger partial charge is 0.462 e. The lowest BCUT2D eigenvalue weighted by atomic mass is 9.68. The van der Waals surface area contributed by atoms with Crippen molar-refractivity contribution in [3.8, 4) is 0 Å². The Morgan fingerprint density at radius 1 is 1.36 bits per heavy atom. The first kappa shape index (κ1) is 19.2. The molecule has 0 heterocycles. The molecule has 25 heavy (non-hydrogen) atoms. The van der Waals surface area contributed by atoms with Crippen molar-refractivity contribution in [2.45, 2.75) is 53.4 Å². The third kappa shape index (κ3) is 4.94. The van der Waals surface area contributed by atoms with Gasteiger partial charge in [0.1, 0.15) is 0 Å². The van der Waals surface area contributed by atoms with Gasteiger partial charge in [0.05, 0.1) is 12.2 Å². The number of benzene rings is 1. The number of ether oxygens (including phenoxy) is 1. The van der Waals surface area contributed by atoms with Gasteiger partial charge in [0.25, 0.3) is 0 Å². The minimum atomic E-state index is -0.336. The standard InChI is InChI=1S/C21H29NO3/c1-5-21(3,4)17-10-11-19(23)16(12-17)14-22-18-9-7-8-15(13-18)20(24)25-6-2/h7-9,13-14,17,22H,5-6,10-12H2,1-4H3/b16-14+/t17-/m0/s1. The van der Waals surface area contributed by atoms with Gasteiger partial charge in [-0.3, -0.25) is 4.79 Å². The predicted octanol–water partition coefficient (Wildman–Crippen LogP) is 4.96. The zero-order valence-corrected chi connectivity index (χ0v) is 15.7. The van der Waals surface area contributed by atoms with Gasteiger partial charge in [0.15, 0.2) is 5.78 Å². The predicted molar refractivity (Wildman–Crippen MR) is 101 cm³/mol. The van der Waals surface area contributed by atoms with Gasteiger partial charge >= 0.3 is 5.97 Å². The molecule has 0 unspecified atom stereocenters. The van der Waals surface area contributed by atoms with Crippen LogP contribution in [0.3, 0.4) is 0 Å². The van der Waals surface area contributed by atoms with Crippen LogP contribution < -0.4 is 5.32 Å². The van der Waals surface area contributed by atoms with E-state index in [0.29, 0.717) is 24.5 Å². The lowest BCUT2D eigenvalue weighted by Gasteiger charge is -2.36. The van der Waals surface area contributed by atoms with Gasteiger partial charge in [0, 0.05) is 23.9 Å². The number of Topliss-reactive ketones (excluding diaryl/α,β-unsaturated/α-hetero) is 1. The number of allylic oxidation sites excluding steroid dienone is 1. The fourth-order valence-electron chi connectivity index (χ4n) is 3.16. The maximum atomic E-state index is 12.3. The Balaban J connectivity index is 2.10. The topological polar surface area (TPSA) is 55.4 Å². The van der Waals surface area contributed by atoms with Crippen LogP contribution in [0.15, 0.2) is 36.0 Å². The summed E-state index contributed by atoms with van der Waals surface area (Å²) in [6, 6.07) is 7.15. The van der Waals surface area contributed by atoms with Gasteiger partial charge in [-0.2, -0.15) is 0 Å². The first-order valence-corrected chi connectivity index (χ1v) is 9.13. The van der Waals surface area contributed by atoms with Gasteiger partial charge < -0.3 is 10.1 Å². The van der Waals surface area contributed by atoms with Crippen LogP contribution in [0.2, 0.25) is 0 Å². The molecule has 0 bridgehead atoms. The van der Waals surface area contributed by atoms with Crippen molar-refractivity contribution in [1.29, 1.82) is 0 Å². The highest BCUT2D eigenvalue weighted by Gasteiger charge is 2.33. The average Bonchev–Trinajstić information content (AvgIpc) is 2.61. The third-order valence-electron chi connectivity index (χ3n) is 5.35. The monoisotopic (exact) mass is 343 g/mol. The minimum Gasteiger partial charge on any atom is -0.462 e. The molecule has 0 spiro atoms. The second-order valence-electron chi connectivity index (χ2n) is 7.32. The van der Waals surface area contributed by atoms with E-state index in [-0.39, 0.29) is 17.2 Å². The third-order valence-corrected chi connectivity index (χ3v) is 5.35. The molecule has 1 aromatic rings. The molecular formula is C21H29NO3. The molecule has 0 radical (unpaired) electrons. The van der Waals surface area contributed by atoms with Crippen molar-refractivity contribution in [3.63, 3.8) is 0 Å². The Labute approximate surface area is 150 Å². The van der Waals surface area contributed by atoms with Crippen LogP contribution in [0, 0.1) is 11.3 Å². The zero-order chi connectivity index (χ0) is 18.4. The molecule has 1 fully saturated rings. The molecule has 0 aliphatic heterocycles. The fourth-order valence-corrected chi connectivity index (χ4v) is 3.16. The number of rotatable bonds is 6. The number of nitrogens with one attached hydrogen (secondary N) is 1. The molecule has 4 heteroatoms. The van der Waals surface area contributed by atoms with Crippen molar-refractivity contribution in [2.24, 2.45) is 11.3 Å². The van der Waals surface area contributed by atoms with E-state index in [0.717, 1.165) is 30.5 Å². The van der Waals surface area contributed by atoms with E-state index in [2.05, 4.69) is 26.1 Å².